The maximum Gasteiger partial charge on any atom is 0.411 e. The maximum atomic E-state index is 12.9. The van der Waals surface area contributed by atoms with Gasteiger partial charge < -0.3 is 10.1 Å². The molecule has 1 fully saturated rings. The molecule has 1 aliphatic carbocycles. The molecule has 0 atom stereocenters. The standard InChI is InChI=1S/C30H32N6O2/c1-32-24-11-13-25(14-12-24)38-30(37)33-27-18-21(9-15-26(27)23-7-3-2-4-8-23)6-5-17-36-29-16-10-22(20-31)19-28(29)34-35-36/h2-4,7-10,15-16,18-19,24-25,32H,5-6,11-14,17H2,1H3,(H,33,37). The largest absolute Gasteiger partial charge is 0.446 e. The van der Waals surface area contributed by atoms with Crippen LogP contribution in [0.2, 0.25) is 0 Å². The molecule has 8 heteroatoms. The Morgan fingerprint density at radius 3 is 2.66 bits per heavy atom. The Morgan fingerprint density at radius 2 is 1.89 bits per heavy atom. The number of aromatic nitrogens is 3. The van der Waals surface area contributed by atoms with Crippen LogP contribution in [-0.4, -0.2) is 40.3 Å². The molecule has 4 aromatic rings. The molecule has 0 saturated heterocycles. The highest BCUT2D eigenvalue weighted by Gasteiger charge is 2.23. The van der Waals surface area contributed by atoms with E-state index in [2.05, 4.69) is 39.1 Å². The molecule has 1 saturated carbocycles. The summed E-state index contributed by atoms with van der Waals surface area (Å²) in [5.74, 6) is 0. The molecule has 38 heavy (non-hydrogen) atoms. The number of hydrogen-bond acceptors (Lipinski definition) is 6. The molecule has 1 heterocycles. The van der Waals surface area contributed by atoms with E-state index in [1.54, 1.807) is 12.1 Å². The van der Waals surface area contributed by atoms with Gasteiger partial charge in [0.05, 0.1) is 22.8 Å². The second kappa shape index (κ2) is 11.9. The lowest BCUT2D eigenvalue weighted by Crippen LogP contribution is -2.34. The van der Waals surface area contributed by atoms with Crippen LogP contribution in [-0.2, 0) is 17.7 Å². The van der Waals surface area contributed by atoms with Crippen LogP contribution in [0.4, 0.5) is 10.5 Å². The van der Waals surface area contributed by atoms with Crippen LogP contribution >= 0.6 is 0 Å². The van der Waals surface area contributed by atoms with Crippen molar-refractivity contribution in [3.05, 3.63) is 77.9 Å². The summed E-state index contributed by atoms with van der Waals surface area (Å²) in [4.78, 5) is 12.9. The van der Waals surface area contributed by atoms with Crippen molar-refractivity contribution < 1.29 is 9.53 Å². The second-order valence-corrected chi connectivity index (χ2v) is 9.77. The summed E-state index contributed by atoms with van der Waals surface area (Å²) < 4.78 is 7.66. The smallest absolute Gasteiger partial charge is 0.411 e. The molecule has 5 rings (SSSR count). The van der Waals surface area contributed by atoms with Gasteiger partial charge in [0.15, 0.2) is 0 Å². The fourth-order valence-corrected chi connectivity index (χ4v) is 5.12. The molecule has 0 spiro atoms. The van der Waals surface area contributed by atoms with Gasteiger partial charge in [0.25, 0.3) is 0 Å². The molecule has 0 bridgehead atoms. The van der Waals surface area contributed by atoms with Crippen molar-refractivity contribution in [2.75, 3.05) is 12.4 Å². The molecule has 2 N–H and O–H groups in total. The normalized spacial score (nSPS) is 17.2. The van der Waals surface area contributed by atoms with E-state index in [0.717, 1.165) is 71.9 Å². The van der Waals surface area contributed by atoms with Gasteiger partial charge in [0.1, 0.15) is 11.6 Å². The van der Waals surface area contributed by atoms with E-state index in [9.17, 15) is 4.79 Å². The Balaban J connectivity index is 1.27. The number of ether oxygens (including phenoxy) is 1. The molecule has 1 amide bonds. The third-order valence-corrected chi connectivity index (χ3v) is 7.24. The fourth-order valence-electron chi connectivity index (χ4n) is 5.12. The summed E-state index contributed by atoms with van der Waals surface area (Å²) in [6.07, 6.45) is 4.98. The van der Waals surface area contributed by atoms with E-state index in [1.165, 1.54) is 0 Å². The summed E-state index contributed by atoms with van der Waals surface area (Å²) in [7, 11) is 1.98. The second-order valence-electron chi connectivity index (χ2n) is 9.77. The SMILES string of the molecule is CNC1CCC(OC(=O)Nc2cc(CCCn3nnc4cc(C#N)ccc43)ccc2-c2ccccc2)CC1. The summed E-state index contributed by atoms with van der Waals surface area (Å²) in [6, 6.07) is 24.3. The van der Waals surface area contributed by atoms with Crippen molar-refractivity contribution >= 4 is 22.8 Å². The van der Waals surface area contributed by atoms with Crippen LogP contribution < -0.4 is 10.6 Å². The predicted octanol–water partition coefficient (Wildman–Crippen LogP) is 5.68. The van der Waals surface area contributed by atoms with E-state index in [-0.39, 0.29) is 6.10 Å². The minimum atomic E-state index is -0.405. The van der Waals surface area contributed by atoms with Crippen LogP contribution in [0.25, 0.3) is 22.2 Å². The van der Waals surface area contributed by atoms with Crippen LogP contribution in [0.3, 0.4) is 0 Å². The quantitative estimate of drug-likeness (QED) is 0.317. The highest BCUT2D eigenvalue weighted by Crippen LogP contribution is 2.30. The first-order valence-corrected chi connectivity index (χ1v) is 13.2. The average Bonchev–Trinajstić information content (AvgIpc) is 3.36. The first kappa shape index (κ1) is 25.4. The number of anilines is 1. The molecule has 1 aromatic heterocycles. The molecule has 0 radical (unpaired) electrons. The van der Waals surface area contributed by atoms with Gasteiger partial charge in [-0.1, -0.05) is 47.7 Å². The number of nitrogens with one attached hydrogen (secondary N) is 2. The number of carbonyl (C=O) groups excluding carboxylic acids is 1. The van der Waals surface area contributed by atoms with Gasteiger partial charge in [0.2, 0.25) is 0 Å². The minimum absolute atomic E-state index is 0.0512. The van der Waals surface area contributed by atoms with Gasteiger partial charge >= 0.3 is 6.09 Å². The van der Waals surface area contributed by atoms with E-state index in [0.29, 0.717) is 18.2 Å². The molecular formula is C30H32N6O2. The van der Waals surface area contributed by atoms with E-state index in [4.69, 9.17) is 10.00 Å². The molecule has 0 unspecified atom stereocenters. The monoisotopic (exact) mass is 508 g/mol. The summed E-state index contributed by atoms with van der Waals surface area (Å²) >= 11 is 0. The van der Waals surface area contributed by atoms with Gasteiger partial charge in [0, 0.05) is 18.2 Å². The number of rotatable bonds is 8. The predicted molar refractivity (Wildman–Crippen MR) is 148 cm³/mol. The lowest BCUT2D eigenvalue weighted by atomic mass is 9.93. The third-order valence-electron chi connectivity index (χ3n) is 7.24. The summed E-state index contributed by atoms with van der Waals surface area (Å²) in [5.41, 5.74) is 6.07. The minimum Gasteiger partial charge on any atom is -0.446 e. The number of hydrogen-bond donors (Lipinski definition) is 2. The Kier molecular flexibility index (Phi) is 7.95. The highest BCUT2D eigenvalue weighted by atomic mass is 16.6. The summed E-state index contributed by atoms with van der Waals surface area (Å²) in [6.45, 7) is 0.697. The lowest BCUT2D eigenvalue weighted by Gasteiger charge is -2.28. The van der Waals surface area contributed by atoms with Gasteiger partial charge in [-0.2, -0.15) is 5.26 Å². The van der Waals surface area contributed by atoms with Crippen LogP contribution in [0.5, 0.6) is 0 Å². The molecule has 3 aromatic carbocycles. The number of carbonyl (C=O) groups is 1. The molecule has 8 nitrogen and oxygen atoms in total. The Morgan fingerprint density at radius 1 is 1.08 bits per heavy atom. The average molecular weight is 509 g/mol. The van der Waals surface area contributed by atoms with Crippen molar-refractivity contribution in [1.82, 2.24) is 20.3 Å². The Hall–Kier alpha value is -4.22. The fraction of sp³-hybridized carbons (Fsp3) is 0.333. The zero-order valence-corrected chi connectivity index (χ0v) is 21.6. The van der Waals surface area contributed by atoms with Gasteiger partial charge in [-0.15, -0.1) is 5.10 Å². The van der Waals surface area contributed by atoms with Crippen molar-refractivity contribution in [3.63, 3.8) is 0 Å². The number of nitrogens with zero attached hydrogens (tertiary/aromatic N) is 4. The van der Waals surface area contributed by atoms with E-state index in [1.807, 2.05) is 54.2 Å². The topological polar surface area (TPSA) is 105 Å². The van der Waals surface area contributed by atoms with E-state index >= 15 is 0 Å². The van der Waals surface area contributed by atoms with Gasteiger partial charge in [-0.3, -0.25) is 5.32 Å². The zero-order valence-electron chi connectivity index (χ0n) is 21.6. The molecule has 194 valence electrons. The zero-order chi connectivity index (χ0) is 26.3. The Bertz CT molecular complexity index is 1430. The maximum absolute atomic E-state index is 12.9. The van der Waals surface area contributed by atoms with Crippen molar-refractivity contribution in [2.45, 2.75) is 57.2 Å². The van der Waals surface area contributed by atoms with Crippen LogP contribution in [0.1, 0.15) is 43.2 Å². The first-order valence-electron chi connectivity index (χ1n) is 13.2. The molecule has 1 aliphatic rings. The van der Waals surface area contributed by atoms with Crippen LogP contribution in [0, 0.1) is 11.3 Å². The summed E-state index contributed by atoms with van der Waals surface area (Å²) in [5, 5.41) is 23.9. The number of aryl methyl sites for hydroxylation is 2. The van der Waals surface area contributed by atoms with Crippen LogP contribution in [0.15, 0.2) is 66.7 Å². The molecule has 0 aliphatic heterocycles. The highest BCUT2D eigenvalue weighted by molar-refractivity contribution is 5.91. The van der Waals surface area contributed by atoms with Crippen molar-refractivity contribution in [2.24, 2.45) is 0 Å². The van der Waals surface area contributed by atoms with E-state index < -0.39 is 6.09 Å². The number of amides is 1. The van der Waals surface area contributed by atoms with Gasteiger partial charge in [-0.05, 0) is 81.0 Å². The Labute approximate surface area is 222 Å². The van der Waals surface area contributed by atoms with Crippen molar-refractivity contribution in [1.29, 1.82) is 5.26 Å². The van der Waals surface area contributed by atoms with Gasteiger partial charge in [-0.25, -0.2) is 9.48 Å². The lowest BCUT2D eigenvalue weighted by molar-refractivity contribution is 0.0800. The molecular weight excluding hydrogens is 476 g/mol. The van der Waals surface area contributed by atoms with Crippen molar-refractivity contribution in [3.8, 4) is 17.2 Å². The number of nitriles is 1. The number of fused-ring (bicyclic) bond motifs is 1. The number of benzene rings is 3. The third kappa shape index (κ3) is 6.01. The first-order chi connectivity index (χ1) is 18.6.